The minimum Gasteiger partial charge on any atom is -0.326 e. The molecule has 2 heterocycles. The molecule has 1 aliphatic heterocycles. The number of halogens is 1. The van der Waals surface area contributed by atoms with Gasteiger partial charge in [0.2, 0.25) is 11.9 Å². The number of anilines is 2. The van der Waals surface area contributed by atoms with Gasteiger partial charge in [0.15, 0.2) is 6.17 Å². The molecule has 0 fully saturated rings. The van der Waals surface area contributed by atoms with E-state index in [1.54, 1.807) is 23.6 Å². The molecule has 1 atom stereocenters. The summed E-state index contributed by atoms with van der Waals surface area (Å²) in [5.74, 6) is 0.979. The van der Waals surface area contributed by atoms with Crippen molar-refractivity contribution in [2.24, 2.45) is 4.99 Å². The van der Waals surface area contributed by atoms with E-state index in [1.807, 2.05) is 18.2 Å². The molecule has 6 nitrogen and oxygen atoms in total. The number of rotatable bonds is 2. The van der Waals surface area contributed by atoms with Crippen LogP contribution in [0, 0.1) is 20.8 Å². The Balaban J connectivity index is 1.78. The van der Waals surface area contributed by atoms with Crippen LogP contribution in [0.3, 0.4) is 0 Å². The van der Waals surface area contributed by atoms with Crippen LogP contribution in [0.2, 0.25) is 5.02 Å². The summed E-state index contributed by atoms with van der Waals surface area (Å²) in [6.45, 7) is 5.93. The number of guanidine groups is 1. The Morgan fingerprint density at radius 2 is 1.79 bits per heavy atom. The molecule has 4 rings (SSSR count). The molecule has 3 aromatic rings. The first kappa shape index (κ1) is 18.3. The Morgan fingerprint density at radius 1 is 1.04 bits per heavy atom. The highest BCUT2D eigenvalue weighted by Crippen LogP contribution is 2.27. The van der Waals surface area contributed by atoms with Gasteiger partial charge < -0.3 is 5.32 Å². The Bertz CT molecular complexity index is 1130. The zero-order valence-electron chi connectivity index (χ0n) is 15.8. The van der Waals surface area contributed by atoms with Crippen molar-refractivity contribution in [3.8, 4) is 0 Å². The Kier molecular flexibility index (Phi) is 4.65. The lowest BCUT2D eigenvalue weighted by Crippen LogP contribution is -2.37. The number of hydrogen-bond acceptors (Lipinski definition) is 5. The maximum absolute atomic E-state index is 12.6. The lowest BCUT2D eigenvalue weighted by Gasteiger charge is -2.27. The van der Waals surface area contributed by atoms with Gasteiger partial charge in [-0.25, -0.2) is 9.98 Å². The SMILES string of the molecule is Cc1cc(=O)n2c(n1)NC(Nc1ccc(C)c(C)c1)=N[C@@H]2c1ccc(Cl)cc1. The van der Waals surface area contributed by atoms with Crippen LogP contribution in [0.5, 0.6) is 0 Å². The topological polar surface area (TPSA) is 71.3 Å². The highest BCUT2D eigenvalue weighted by atomic mass is 35.5. The van der Waals surface area contributed by atoms with Gasteiger partial charge in [-0.3, -0.25) is 14.7 Å². The molecule has 0 saturated carbocycles. The maximum Gasteiger partial charge on any atom is 0.257 e. The normalized spacial score (nSPS) is 15.4. The molecule has 2 N–H and O–H groups in total. The predicted octanol–water partition coefficient (Wildman–Crippen LogP) is 4.26. The lowest BCUT2D eigenvalue weighted by atomic mass is 10.1. The quantitative estimate of drug-likeness (QED) is 0.682. The molecule has 0 bridgehead atoms. The summed E-state index contributed by atoms with van der Waals surface area (Å²) in [6.07, 6.45) is -0.539. The first-order valence-electron chi connectivity index (χ1n) is 8.95. The molecule has 1 aliphatic rings. The van der Waals surface area contributed by atoms with E-state index in [0.29, 0.717) is 22.6 Å². The molecule has 0 amide bonds. The number of fused-ring (bicyclic) bond motifs is 1. The van der Waals surface area contributed by atoms with Gasteiger partial charge in [-0.1, -0.05) is 29.8 Å². The number of nitrogens with one attached hydrogen (secondary N) is 2. The molecule has 7 heteroatoms. The van der Waals surface area contributed by atoms with Crippen molar-refractivity contribution in [2.75, 3.05) is 10.6 Å². The molecule has 28 heavy (non-hydrogen) atoms. The number of aryl methyl sites for hydroxylation is 3. The summed E-state index contributed by atoms with van der Waals surface area (Å²) in [7, 11) is 0. The first-order valence-corrected chi connectivity index (χ1v) is 9.33. The molecule has 0 spiro atoms. The minimum absolute atomic E-state index is 0.163. The number of aliphatic imine (C=N–C) groups is 1. The lowest BCUT2D eigenvalue weighted by molar-refractivity contribution is 0.577. The third-order valence-corrected chi connectivity index (χ3v) is 5.00. The highest BCUT2D eigenvalue weighted by Gasteiger charge is 2.25. The van der Waals surface area contributed by atoms with Crippen LogP contribution in [0.25, 0.3) is 0 Å². The van der Waals surface area contributed by atoms with E-state index in [0.717, 1.165) is 11.3 Å². The van der Waals surface area contributed by atoms with Crippen LogP contribution in [-0.2, 0) is 0 Å². The van der Waals surface area contributed by atoms with Gasteiger partial charge in [-0.15, -0.1) is 0 Å². The second kappa shape index (κ2) is 7.13. The zero-order valence-corrected chi connectivity index (χ0v) is 16.6. The third kappa shape index (κ3) is 3.51. The summed E-state index contributed by atoms with van der Waals surface area (Å²) in [5.41, 5.74) is 4.64. The van der Waals surface area contributed by atoms with Crippen molar-refractivity contribution in [3.63, 3.8) is 0 Å². The maximum atomic E-state index is 12.6. The van der Waals surface area contributed by atoms with Crippen molar-refractivity contribution in [3.05, 3.63) is 86.3 Å². The summed E-state index contributed by atoms with van der Waals surface area (Å²) in [4.78, 5) is 21.9. The highest BCUT2D eigenvalue weighted by molar-refractivity contribution is 6.30. The van der Waals surface area contributed by atoms with E-state index in [9.17, 15) is 4.79 Å². The van der Waals surface area contributed by atoms with Crippen LogP contribution in [-0.4, -0.2) is 15.5 Å². The van der Waals surface area contributed by atoms with E-state index in [2.05, 4.69) is 41.6 Å². The third-order valence-electron chi connectivity index (χ3n) is 4.74. The summed E-state index contributed by atoms with van der Waals surface area (Å²) < 4.78 is 1.54. The minimum atomic E-state index is -0.539. The van der Waals surface area contributed by atoms with Crippen molar-refractivity contribution >= 4 is 29.2 Å². The fourth-order valence-electron chi connectivity index (χ4n) is 3.13. The van der Waals surface area contributed by atoms with Gasteiger partial charge >= 0.3 is 0 Å². The molecule has 142 valence electrons. The molecule has 2 aromatic carbocycles. The van der Waals surface area contributed by atoms with Gasteiger partial charge in [-0.2, -0.15) is 0 Å². The second-order valence-corrected chi connectivity index (χ2v) is 7.32. The Labute approximate surface area is 167 Å². The monoisotopic (exact) mass is 393 g/mol. The van der Waals surface area contributed by atoms with Gasteiger partial charge in [0.25, 0.3) is 5.56 Å². The van der Waals surface area contributed by atoms with Crippen molar-refractivity contribution in [1.82, 2.24) is 9.55 Å². The van der Waals surface area contributed by atoms with Crippen molar-refractivity contribution in [2.45, 2.75) is 26.9 Å². The van der Waals surface area contributed by atoms with Gasteiger partial charge in [0.05, 0.1) is 0 Å². The molecular weight excluding hydrogens is 374 g/mol. The number of hydrogen-bond donors (Lipinski definition) is 2. The van der Waals surface area contributed by atoms with E-state index in [4.69, 9.17) is 16.6 Å². The molecule has 0 saturated heterocycles. The van der Waals surface area contributed by atoms with E-state index in [1.165, 1.54) is 17.2 Å². The Morgan fingerprint density at radius 3 is 2.50 bits per heavy atom. The average Bonchev–Trinajstić information content (AvgIpc) is 2.64. The smallest absolute Gasteiger partial charge is 0.257 e. The summed E-state index contributed by atoms with van der Waals surface area (Å²) in [5, 5.41) is 7.06. The van der Waals surface area contributed by atoms with Gasteiger partial charge in [-0.05, 0) is 61.7 Å². The van der Waals surface area contributed by atoms with E-state index >= 15 is 0 Å². The van der Waals surface area contributed by atoms with Crippen LogP contribution in [0.4, 0.5) is 11.6 Å². The van der Waals surface area contributed by atoms with Gasteiger partial charge in [0.1, 0.15) is 0 Å². The molecule has 1 aromatic heterocycles. The molecule has 0 unspecified atom stereocenters. The fraction of sp³-hybridized carbons (Fsp3) is 0.190. The fourth-order valence-corrected chi connectivity index (χ4v) is 3.25. The van der Waals surface area contributed by atoms with E-state index < -0.39 is 6.17 Å². The van der Waals surface area contributed by atoms with E-state index in [-0.39, 0.29) is 5.56 Å². The summed E-state index contributed by atoms with van der Waals surface area (Å²) >= 11 is 6.03. The zero-order chi connectivity index (χ0) is 19.8. The number of nitrogens with zero attached hydrogens (tertiary/aromatic N) is 3. The standard InChI is InChI=1S/C21H20ClN5O/c1-12-4-9-17(10-13(12)2)24-20-25-19(15-5-7-16(22)8-6-15)27-18(28)11-14(3)23-21(27)26-20/h4-11,19H,1-3H3,(H2,23,24,25,26)/t19-/m0/s1. The second-order valence-electron chi connectivity index (χ2n) is 6.88. The van der Waals surface area contributed by atoms with Crippen LogP contribution in [0.1, 0.15) is 28.6 Å². The number of benzene rings is 2. The number of aromatic nitrogens is 2. The van der Waals surface area contributed by atoms with Crippen LogP contribution < -0.4 is 16.2 Å². The van der Waals surface area contributed by atoms with Crippen LogP contribution in [0.15, 0.2) is 58.3 Å². The molecule has 0 aliphatic carbocycles. The van der Waals surface area contributed by atoms with Crippen molar-refractivity contribution < 1.29 is 0 Å². The molecule has 0 radical (unpaired) electrons. The average molecular weight is 394 g/mol. The Hall–Kier alpha value is -3.12. The molecular formula is C21H20ClN5O. The van der Waals surface area contributed by atoms with Crippen molar-refractivity contribution in [1.29, 1.82) is 0 Å². The predicted molar refractivity (Wildman–Crippen MR) is 113 cm³/mol. The first-order chi connectivity index (χ1) is 13.4. The largest absolute Gasteiger partial charge is 0.326 e. The van der Waals surface area contributed by atoms with Crippen LogP contribution >= 0.6 is 11.6 Å². The van der Waals surface area contributed by atoms with Gasteiger partial charge in [0, 0.05) is 22.5 Å². The summed E-state index contributed by atoms with van der Waals surface area (Å²) in [6, 6.07) is 14.9.